The predicted octanol–water partition coefficient (Wildman–Crippen LogP) is -0.561. The topological polar surface area (TPSA) is 73.4 Å². The van der Waals surface area contributed by atoms with Crippen molar-refractivity contribution >= 4 is 5.91 Å². The fourth-order valence-corrected chi connectivity index (χ4v) is 1.61. The number of nitrogens with one attached hydrogen (secondary N) is 1. The zero-order valence-electron chi connectivity index (χ0n) is 8.14. The zero-order chi connectivity index (χ0) is 10.8. The molecule has 2 heterocycles. The summed E-state index contributed by atoms with van der Waals surface area (Å²) < 4.78 is 0. The second-order valence-corrected chi connectivity index (χ2v) is 3.70. The third kappa shape index (κ3) is 1.92. The molecule has 5 nitrogen and oxygen atoms in total. The number of nitrogens with zero attached hydrogens (tertiary/aromatic N) is 1. The summed E-state index contributed by atoms with van der Waals surface area (Å²) in [4.78, 5) is 26.8. The highest BCUT2D eigenvalue weighted by Gasteiger charge is 2.30. The van der Waals surface area contributed by atoms with Gasteiger partial charge in [-0.05, 0) is 6.07 Å². The van der Waals surface area contributed by atoms with Crippen LogP contribution in [0.25, 0.3) is 0 Å². The number of aliphatic hydroxyl groups excluding tert-OH is 1. The van der Waals surface area contributed by atoms with Crippen LogP contribution in [-0.2, 0) is 0 Å². The van der Waals surface area contributed by atoms with Crippen molar-refractivity contribution in [2.75, 3.05) is 19.7 Å². The first-order chi connectivity index (χ1) is 7.20. The first-order valence-electron chi connectivity index (χ1n) is 4.79. The molecule has 2 rings (SSSR count). The number of amides is 1. The van der Waals surface area contributed by atoms with Gasteiger partial charge in [0.15, 0.2) is 0 Å². The number of carbonyl (C=O) groups excluding carboxylic acids is 1. The van der Waals surface area contributed by atoms with E-state index in [1.165, 1.54) is 12.3 Å². The smallest absolute Gasteiger partial charge is 0.254 e. The summed E-state index contributed by atoms with van der Waals surface area (Å²) in [6.07, 6.45) is 1.46. The molecule has 0 unspecified atom stereocenters. The van der Waals surface area contributed by atoms with Gasteiger partial charge in [0.1, 0.15) is 0 Å². The molecule has 1 fully saturated rings. The van der Waals surface area contributed by atoms with Crippen LogP contribution in [0.5, 0.6) is 0 Å². The maximum Gasteiger partial charge on any atom is 0.254 e. The summed E-state index contributed by atoms with van der Waals surface area (Å²) >= 11 is 0. The van der Waals surface area contributed by atoms with Gasteiger partial charge in [-0.15, -0.1) is 0 Å². The van der Waals surface area contributed by atoms with Gasteiger partial charge in [0.05, 0.1) is 0 Å². The fraction of sp³-hybridized carbons (Fsp3) is 0.400. The van der Waals surface area contributed by atoms with E-state index < -0.39 is 0 Å². The molecule has 80 valence electrons. The number of pyridine rings is 1. The Morgan fingerprint density at radius 1 is 1.60 bits per heavy atom. The number of aromatic amines is 1. The van der Waals surface area contributed by atoms with Gasteiger partial charge in [0, 0.05) is 43.4 Å². The molecule has 0 aromatic carbocycles. The molecule has 1 amide bonds. The van der Waals surface area contributed by atoms with Crippen LogP contribution in [0.4, 0.5) is 0 Å². The summed E-state index contributed by atoms with van der Waals surface area (Å²) in [6.45, 7) is 1.25. The molecule has 0 bridgehead atoms. The maximum atomic E-state index is 11.7. The van der Waals surface area contributed by atoms with Gasteiger partial charge < -0.3 is 15.0 Å². The lowest BCUT2D eigenvalue weighted by Gasteiger charge is -2.38. The van der Waals surface area contributed by atoms with E-state index in [2.05, 4.69) is 4.98 Å². The second-order valence-electron chi connectivity index (χ2n) is 3.70. The molecule has 2 N–H and O–H groups in total. The first-order valence-corrected chi connectivity index (χ1v) is 4.79. The third-order valence-electron chi connectivity index (χ3n) is 2.52. The largest absolute Gasteiger partial charge is 0.396 e. The Kier molecular flexibility index (Phi) is 2.55. The zero-order valence-corrected chi connectivity index (χ0v) is 8.14. The predicted molar refractivity (Wildman–Crippen MR) is 53.5 cm³/mol. The first kappa shape index (κ1) is 9.92. The Labute approximate surface area is 86.3 Å². The molecule has 1 aliphatic heterocycles. The van der Waals surface area contributed by atoms with E-state index in [-0.39, 0.29) is 24.0 Å². The van der Waals surface area contributed by atoms with E-state index in [9.17, 15) is 9.59 Å². The second kappa shape index (κ2) is 3.86. The van der Waals surface area contributed by atoms with Gasteiger partial charge in [-0.2, -0.15) is 0 Å². The molecule has 0 aliphatic carbocycles. The molecular formula is C10H12N2O3. The molecule has 5 heteroatoms. The molecule has 1 aromatic heterocycles. The lowest BCUT2D eigenvalue weighted by molar-refractivity contribution is 0.0362. The summed E-state index contributed by atoms with van der Waals surface area (Å²) in [7, 11) is 0. The number of hydrogen-bond donors (Lipinski definition) is 2. The number of aromatic nitrogens is 1. The molecule has 0 saturated carbocycles. The van der Waals surface area contributed by atoms with Crippen LogP contribution in [0.15, 0.2) is 23.1 Å². The van der Waals surface area contributed by atoms with E-state index in [1.54, 1.807) is 11.0 Å². The van der Waals surface area contributed by atoms with E-state index in [1.807, 2.05) is 0 Å². The highest BCUT2D eigenvalue weighted by atomic mass is 16.3. The van der Waals surface area contributed by atoms with Crippen LogP contribution in [0.1, 0.15) is 10.4 Å². The van der Waals surface area contributed by atoms with Crippen molar-refractivity contribution in [1.82, 2.24) is 9.88 Å². The van der Waals surface area contributed by atoms with Gasteiger partial charge in [-0.25, -0.2) is 0 Å². The summed E-state index contributed by atoms with van der Waals surface area (Å²) in [5, 5.41) is 8.81. The van der Waals surface area contributed by atoms with E-state index in [4.69, 9.17) is 5.11 Å². The highest BCUT2D eigenvalue weighted by Crippen LogP contribution is 2.17. The van der Waals surface area contributed by atoms with Crippen molar-refractivity contribution in [3.05, 3.63) is 34.2 Å². The lowest BCUT2D eigenvalue weighted by Crippen LogP contribution is -2.51. The van der Waals surface area contributed by atoms with E-state index >= 15 is 0 Å². The van der Waals surface area contributed by atoms with Gasteiger partial charge in [-0.3, -0.25) is 9.59 Å². The van der Waals surface area contributed by atoms with Crippen LogP contribution in [0.3, 0.4) is 0 Å². The molecule has 15 heavy (non-hydrogen) atoms. The number of H-pyrrole nitrogens is 1. The lowest BCUT2D eigenvalue weighted by atomic mass is 10.0. The van der Waals surface area contributed by atoms with Gasteiger partial charge in [0.2, 0.25) is 5.56 Å². The number of aliphatic hydroxyl groups is 1. The van der Waals surface area contributed by atoms with Crippen molar-refractivity contribution in [2.24, 2.45) is 5.92 Å². The highest BCUT2D eigenvalue weighted by molar-refractivity contribution is 5.94. The molecular weight excluding hydrogens is 196 g/mol. The number of likely N-dealkylation sites (tertiary alicyclic amines) is 1. The number of rotatable bonds is 2. The molecule has 1 aromatic rings. The van der Waals surface area contributed by atoms with Crippen molar-refractivity contribution in [3.8, 4) is 0 Å². The van der Waals surface area contributed by atoms with Crippen LogP contribution < -0.4 is 5.56 Å². The van der Waals surface area contributed by atoms with Crippen molar-refractivity contribution in [3.63, 3.8) is 0 Å². The monoisotopic (exact) mass is 208 g/mol. The van der Waals surface area contributed by atoms with Crippen LogP contribution in [0.2, 0.25) is 0 Å². The Balaban J connectivity index is 2.06. The summed E-state index contributed by atoms with van der Waals surface area (Å²) in [5.74, 6) is 0.0433. The Hall–Kier alpha value is -1.62. The van der Waals surface area contributed by atoms with Crippen molar-refractivity contribution < 1.29 is 9.90 Å². The normalized spacial score (nSPS) is 16.2. The molecule has 1 saturated heterocycles. The van der Waals surface area contributed by atoms with Gasteiger partial charge in [0.25, 0.3) is 5.91 Å². The van der Waals surface area contributed by atoms with E-state index in [0.29, 0.717) is 18.7 Å². The molecule has 0 atom stereocenters. The summed E-state index contributed by atoms with van der Waals surface area (Å²) in [6, 6.07) is 2.87. The number of hydrogen-bond acceptors (Lipinski definition) is 3. The maximum absolute atomic E-state index is 11.7. The quantitative estimate of drug-likeness (QED) is 0.684. The molecule has 1 aliphatic rings. The third-order valence-corrected chi connectivity index (χ3v) is 2.52. The molecule has 0 radical (unpaired) electrons. The minimum Gasteiger partial charge on any atom is -0.396 e. The Bertz CT molecular complexity index is 421. The molecule has 0 spiro atoms. The SMILES string of the molecule is O=C(c1cc[nH]c(=O)c1)N1CC(CO)C1. The fourth-order valence-electron chi connectivity index (χ4n) is 1.61. The van der Waals surface area contributed by atoms with Crippen LogP contribution >= 0.6 is 0 Å². The van der Waals surface area contributed by atoms with Gasteiger partial charge in [-0.1, -0.05) is 0 Å². The van der Waals surface area contributed by atoms with Crippen LogP contribution in [-0.4, -0.2) is 40.6 Å². The minimum atomic E-state index is -0.278. The number of carbonyl (C=O) groups is 1. The van der Waals surface area contributed by atoms with Crippen LogP contribution in [0, 0.1) is 5.92 Å². The van der Waals surface area contributed by atoms with Crippen molar-refractivity contribution in [1.29, 1.82) is 0 Å². The summed E-state index contributed by atoms with van der Waals surface area (Å²) in [5.41, 5.74) is 0.121. The average molecular weight is 208 g/mol. The van der Waals surface area contributed by atoms with E-state index in [0.717, 1.165) is 0 Å². The average Bonchev–Trinajstić information content (AvgIpc) is 2.16. The Morgan fingerprint density at radius 3 is 2.93 bits per heavy atom. The van der Waals surface area contributed by atoms with Crippen molar-refractivity contribution in [2.45, 2.75) is 0 Å². The minimum absolute atomic E-state index is 0.110. The standard InChI is InChI=1S/C10H12N2O3/c13-6-7-4-12(5-7)10(15)8-1-2-11-9(14)3-8/h1-3,7,13H,4-6H2,(H,11,14). The Morgan fingerprint density at radius 2 is 2.33 bits per heavy atom. The van der Waals surface area contributed by atoms with Gasteiger partial charge >= 0.3 is 0 Å².